The van der Waals surface area contributed by atoms with Gasteiger partial charge in [0.15, 0.2) is 0 Å². The van der Waals surface area contributed by atoms with Crippen LogP contribution in [-0.2, 0) is 20.9 Å². The number of nitrogens with two attached hydrogens (primary N) is 1. The highest BCUT2D eigenvalue weighted by molar-refractivity contribution is 5.93. The largest absolute Gasteiger partial charge is 0.394 e. The van der Waals surface area contributed by atoms with E-state index in [4.69, 9.17) is 20.4 Å². The number of aliphatic hydroxyl groups is 1. The molecule has 35 heavy (non-hydrogen) atoms. The minimum absolute atomic E-state index is 0.0369. The average molecular weight is 491 g/mol. The number of carbonyl (C=O) groups is 1. The predicted octanol–water partition coefficient (Wildman–Crippen LogP) is 2.80. The van der Waals surface area contributed by atoms with Crippen molar-refractivity contribution in [3.8, 4) is 0 Å². The molecule has 1 aliphatic rings. The smallest absolute Gasteiger partial charge is 0.270 e. The Bertz CT molecular complexity index is 890. The second kappa shape index (κ2) is 16.6. The highest BCUT2D eigenvalue weighted by atomic mass is 16.6. The molecule has 1 aromatic rings. The lowest BCUT2D eigenvalue weighted by atomic mass is 9.93. The molecule has 1 aromatic heterocycles. The summed E-state index contributed by atoms with van der Waals surface area (Å²) in [5.74, 6) is -0.300. The summed E-state index contributed by atoms with van der Waals surface area (Å²) in [6, 6.07) is 0. The van der Waals surface area contributed by atoms with Crippen molar-refractivity contribution >= 4 is 17.9 Å². The van der Waals surface area contributed by atoms with Gasteiger partial charge in [0.2, 0.25) is 0 Å². The van der Waals surface area contributed by atoms with Crippen molar-refractivity contribution in [2.75, 3.05) is 32.7 Å². The molecule has 196 valence electrons. The lowest BCUT2D eigenvalue weighted by Gasteiger charge is -2.20. The number of methoxy groups -OCH3 is 1. The van der Waals surface area contributed by atoms with Crippen LogP contribution in [0.1, 0.15) is 40.5 Å². The van der Waals surface area contributed by atoms with Crippen LogP contribution in [-0.4, -0.2) is 60.6 Å². The molecule has 3 atom stereocenters. The highest BCUT2D eigenvalue weighted by Gasteiger charge is 2.28. The van der Waals surface area contributed by atoms with Crippen LogP contribution in [0.3, 0.4) is 0 Å². The number of anilines is 1. The SMILES string of the molecule is CC.CONC(=O)C1=CC(C)C(CC/C(=C/N=CN)CNc2cnn(CCO)c2)=CC(OC)C1C. The Morgan fingerprint density at radius 2 is 2.06 bits per heavy atom. The lowest BCUT2D eigenvalue weighted by Crippen LogP contribution is -2.31. The molecule has 2 rings (SSSR count). The number of rotatable bonds is 12. The zero-order valence-electron chi connectivity index (χ0n) is 21.8. The minimum Gasteiger partial charge on any atom is -0.394 e. The van der Waals surface area contributed by atoms with Gasteiger partial charge in [-0.2, -0.15) is 5.10 Å². The number of nitrogens with zero attached hydrogens (tertiary/aromatic N) is 3. The topological polar surface area (TPSA) is 136 Å². The second-order valence-electron chi connectivity index (χ2n) is 7.93. The summed E-state index contributed by atoms with van der Waals surface area (Å²) in [6.45, 7) is 9.11. The van der Waals surface area contributed by atoms with Gasteiger partial charge >= 0.3 is 0 Å². The highest BCUT2D eigenvalue weighted by Crippen LogP contribution is 2.31. The Kier molecular flexibility index (Phi) is 14.3. The summed E-state index contributed by atoms with van der Waals surface area (Å²) in [4.78, 5) is 21.4. The monoisotopic (exact) mass is 490 g/mol. The first-order valence-electron chi connectivity index (χ1n) is 12.0. The Labute approximate surface area is 208 Å². The van der Waals surface area contributed by atoms with Crippen LogP contribution in [0.25, 0.3) is 0 Å². The molecule has 0 aromatic carbocycles. The third-order valence-corrected chi connectivity index (χ3v) is 5.67. The number of hydroxylamine groups is 1. The van der Waals surface area contributed by atoms with Crippen LogP contribution < -0.4 is 16.5 Å². The number of aromatic nitrogens is 2. The zero-order chi connectivity index (χ0) is 26.2. The molecule has 1 heterocycles. The Balaban J connectivity index is 0.00000298. The zero-order valence-corrected chi connectivity index (χ0v) is 21.8. The van der Waals surface area contributed by atoms with Crippen LogP contribution in [0.5, 0.6) is 0 Å². The van der Waals surface area contributed by atoms with E-state index in [1.54, 1.807) is 24.2 Å². The van der Waals surface area contributed by atoms with Gasteiger partial charge in [-0.3, -0.25) is 14.3 Å². The van der Waals surface area contributed by atoms with Crippen LogP contribution in [0, 0.1) is 11.8 Å². The van der Waals surface area contributed by atoms with Gasteiger partial charge < -0.3 is 20.9 Å². The second-order valence-corrected chi connectivity index (χ2v) is 7.93. The van der Waals surface area contributed by atoms with E-state index in [9.17, 15) is 4.79 Å². The maximum atomic E-state index is 12.5. The molecule has 0 spiro atoms. The fourth-order valence-electron chi connectivity index (χ4n) is 3.78. The average Bonchev–Trinajstić information content (AvgIpc) is 3.27. The summed E-state index contributed by atoms with van der Waals surface area (Å²) in [5, 5.41) is 16.6. The van der Waals surface area contributed by atoms with Gasteiger partial charge in [-0.25, -0.2) is 10.5 Å². The number of aliphatic hydroxyl groups excluding tert-OH is 1. The molecular formula is C25H42N6O4. The molecule has 0 saturated heterocycles. The molecule has 0 saturated carbocycles. The summed E-state index contributed by atoms with van der Waals surface area (Å²) in [7, 11) is 3.07. The van der Waals surface area contributed by atoms with Crippen LogP contribution in [0.15, 0.2) is 52.5 Å². The van der Waals surface area contributed by atoms with E-state index >= 15 is 0 Å². The summed E-state index contributed by atoms with van der Waals surface area (Å²) < 4.78 is 7.37. The van der Waals surface area contributed by atoms with E-state index in [1.165, 1.54) is 19.0 Å². The quantitative estimate of drug-likeness (QED) is 0.153. The Hall–Kier alpha value is -2.95. The van der Waals surface area contributed by atoms with Crippen molar-refractivity contribution in [3.63, 3.8) is 0 Å². The molecule has 10 heteroatoms. The first kappa shape index (κ1) is 30.1. The number of allylic oxidation sites excluding steroid dienone is 2. The molecule has 0 bridgehead atoms. The van der Waals surface area contributed by atoms with Crippen LogP contribution >= 0.6 is 0 Å². The fourth-order valence-corrected chi connectivity index (χ4v) is 3.78. The number of hydrogen-bond acceptors (Lipinski definition) is 7. The van der Waals surface area contributed by atoms with Gasteiger partial charge in [0, 0.05) is 37.5 Å². The number of aliphatic imine (C=N–C) groups is 1. The van der Waals surface area contributed by atoms with Gasteiger partial charge in [0.25, 0.3) is 5.91 Å². The number of ether oxygens (including phenoxy) is 1. The number of nitrogens with one attached hydrogen (secondary N) is 2. The normalized spacial score (nSPS) is 20.4. The van der Waals surface area contributed by atoms with Crippen LogP contribution in [0.4, 0.5) is 5.69 Å². The van der Waals surface area contributed by atoms with Crippen LogP contribution in [0.2, 0.25) is 0 Å². The first-order chi connectivity index (χ1) is 16.9. The van der Waals surface area contributed by atoms with Crippen molar-refractivity contribution in [1.82, 2.24) is 15.3 Å². The molecule has 1 amide bonds. The molecule has 1 aliphatic carbocycles. The molecule has 0 radical (unpaired) electrons. The predicted molar refractivity (Wildman–Crippen MR) is 140 cm³/mol. The number of hydrogen-bond donors (Lipinski definition) is 4. The molecule has 10 nitrogen and oxygen atoms in total. The van der Waals surface area contributed by atoms with Crippen molar-refractivity contribution in [2.24, 2.45) is 22.6 Å². The van der Waals surface area contributed by atoms with Crippen molar-refractivity contribution < 1.29 is 19.5 Å². The Morgan fingerprint density at radius 3 is 2.69 bits per heavy atom. The van der Waals surface area contributed by atoms with E-state index in [2.05, 4.69) is 33.9 Å². The van der Waals surface area contributed by atoms with Crippen molar-refractivity contribution in [1.29, 1.82) is 0 Å². The summed E-state index contributed by atoms with van der Waals surface area (Å²) in [5.41, 5.74) is 11.6. The lowest BCUT2D eigenvalue weighted by molar-refractivity contribution is -0.128. The minimum atomic E-state index is -0.252. The first-order valence-corrected chi connectivity index (χ1v) is 12.0. The van der Waals surface area contributed by atoms with Gasteiger partial charge in [-0.1, -0.05) is 45.4 Å². The van der Waals surface area contributed by atoms with E-state index in [1.807, 2.05) is 33.0 Å². The van der Waals surface area contributed by atoms with Gasteiger partial charge in [0.05, 0.1) is 44.6 Å². The van der Waals surface area contributed by atoms with E-state index in [0.29, 0.717) is 18.7 Å². The van der Waals surface area contributed by atoms with Crippen molar-refractivity contribution in [2.45, 2.75) is 53.2 Å². The maximum Gasteiger partial charge on any atom is 0.270 e. The Morgan fingerprint density at radius 1 is 1.31 bits per heavy atom. The van der Waals surface area contributed by atoms with E-state index < -0.39 is 0 Å². The van der Waals surface area contributed by atoms with Gasteiger partial charge in [-0.15, -0.1) is 0 Å². The molecule has 3 unspecified atom stereocenters. The maximum absolute atomic E-state index is 12.5. The fraction of sp³-hybridized carbons (Fsp3) is 0.560. The van der Waals surface area contributed by atoms with E-state index in [-0.39, 0.29) is 30.5 Å². The molecule has 0 fully saturated rings. The standard InChI is InChI=1S/C23H36N6O4.C2H6/c1-16-9-21(23(31)28-33-4)17(2)22(32-3)10-19(16)6-5-18(11-25-15-24)12-26-20-13-27-29(14-20)7-8-30;1-2/h9-11,13-17,22,26,30H,5-8,12H2,1-4H3,(H2,24,25)(H,28,31);1-2H3/b18-11-;. The number of carbonyl (C=O) groups excluding carboxylic acids is 1. The summed E-state index contributed by atoms with van der Waals surface area (Å²) in [6.07, 6.45) is 12.0. The molecular weight excluding hydrogens is 448 g/mol. The third-order valence-electron chi connectivity index (χ3n) is 5.67. The van der Waals surface area contributed by atoms with Gasteiger partial charge in [0.1, 0.15) is 0 Å². The van der Waals surface area contributed by atoms with E-state index in [0.717, 1.165) is 24.1 Å². The van der Waals surface area contributed by atoms with Gasteiger partial charge in [-0.05, 0) is 24.3 Å². The van der Waals surface area contributed by atoms with Crippen molar-refractivity contribution in [3.05, 3.63) is 47.5 Å². The molecule has 0 aliphatic heterocycles. The summed E-state index contributed by atoms with van der Waals surface area (Å²) >= 11 is 0. The number of amides is 1. The molecule has 5 N–H and O–H groups in total. The third kappa shape index (κ3) is 9.67.